The first kappa shape index (κ1) is 16.8. The Morgan fingerprint density at radius 3 is 2.83 bits per heavy atom. The lowest BCUT2D eigenvalue weighted by molar-refractivity contribution is 0.0942. The van der Waals surface area contributed by atoms with E-state index in [4.69, 9.17) is 23.2 Å². The van der Waals surface area contributed by atoms with Crippen molar-refractivity contribution >= 4 is 50.7 Å². The van der Waals surface area contributed by atoms with E-state index in [1.807, 2.05) is 0 Å². The van der Waals surface area contributed by atoms with Gasteiger partial charge in [-0.25, -0.2) is 4.98 Å². The number of aromatic nitrogens is 3. The summed E-state index contributed by atoms with van der Waals surface area (Å²) in [5, 5.41) is 15.9. The van der Waals surface area contributed by atoms with Crippen LogP contribution in [0.15, 0.2) is 33.7 Å². The molecule has 0 aliphatic carbocycles. The maximum atomic E-state index is 12.3. The summed E-state index contributed by atoms with van der Waals surface area (Å²) in [7, 11) is 0. The standard InChI is InChI=1S/C14H9BrCl2N4O3/c15-7-5-19-21-12(7)20-10(11(22)14(21)24)13(23)18-4-6-1-2-8(16)9(17)3-6/h1-3,5,19,22H,4H2,(H,18,23). The molecule has 0 atom stereocenters. The maximum absolute atomic E-state index is 12.3. The average molecular weight is 432 g/mol. The number of aromatic hydroxyl groups is 1. The molecule has 0 aliphatic rings. The molecule has 0 unspecified atom stereocenters. The summed E-state index contributed by atoms with van der Waals surface area (Å²) < 4.78 is 1.51. The molecule has 0 aliphatic heterocycles. The van der Waals surface area contributed by atoms with Gasteiger partial charge in [-0.1, -0.05) is 29.3 Å². The fraction of sp³-hybridized carbons (Fsp3) is 0.0714. The first-order valence-corrected chi connectivity index (χ1v) is 8.14. The molecule has 0 spiro atoms. The molecule has 124 valence electrons. The lowest BCUT2D eigenvalue weighted by atomic mass is 10.2. The zero-order chi connectivity index (χ0) is 17.4. The highest BCUT2D eigenvalue weighted by Crippen LogP contribution is 2.22. The number of halogens is 3. The molecule has 0 saturated heterocycles. The number of hydrogen-bond acceptors (Lipinski definition) is 4. The molecule has 7 nitrogen and oxygen atoms in total. The van der Waals surface area contributed by atoms with Crippen LogP contribution in [-0.4, -0.2) is 25.6 Å². The topological polar surface area (TPSA) is 99.5 Å². The van der Waals surface area contributed by atoms with Crippen LogP contribution in [0.2, 0.25) is 10.0 Å². The smallest absolute Gasteiger partial charge is 0.315 e. The normalized spacial score (nSPS) is 11.0. The number of carbonyl (C=O) groups excluding carboxylic acids is 1. The van der Waals surface area contributed by atoms with Crippen LogP contribution in [-0.2, 0) is 6.54 Å². The molecule has 1 amide bonds. The molecule has 24 heavy (non-hydrogen) atoms. The average Bonchev–Trinajstić information content (AvgIpc) is 2.93. The van der Waals surface area contributed by atoms with Crippen LogP contribution in [0.1, 0.15) is 16.1 Å². The van der Waals surface area contributed by atoms with E-state index in [0.29, 0.717) is 20.1 Å². The maximum Gasteiger partial charge on any atom is 0.315 e. The molecule has 2 aromatic heterocycles. The van der Waals surface area contributed by atoms with E-state index in [1.54, 1.807) is 18.2 Å². The lowest BCUT2D eigenvalue weighted by Crippen LogP contribution is -2.27. The quantitative estimate of drug-likeness (QED) is 0.593. The van der Waals surface area contributed by atoms with Crippen molar-refractivity contribution in [3.63, 3.8) is 0 Å². The minimum Gasteiger partial charge on any atom is -0.501 e. The number of carbonyl (C=O) groups is 1. The van der Waals surface area contributed by atoms with Gasteiger partial charge in [0.2, 0.25) is 5.75 Å². The summed E-state index contributed by atoms with van der Waals surface area (Å²) in [5.41, 5.74) is -0.235. The zero-order valence-electron chi connectivity index (χ0n) is 11.8. The van der Waals surface area contributed by atoms with Crippen molar-refractivity contribution < 1.29 is 9.90 Å². The number of amides is 1. The largest absolute Gasteiger partial charge is 0.501 e. The highest BCUT2D eigenvalue weighted by molar-refractivity contribution is 9.10. The Balaban J connectivity index is 1.88. The Hall–Kier alpha value is -2.03. The first-order valence-electron chi connectivity index (χ1n) is 6.59. The molecule has 0 fully saturated rings. The molecule has 3 N–H and O–H groups in total. The molecule has 2 heterocycles. The van der Waals surface area contributed by atoms with Crippen molar-refractivity contribution in [2.75, 3.05) is 0 Å². The Kier molecular flexibility index (Phi) is 4.53. The molecular weight excluding hydrogens is 423 g/mol. The van der Waals surface area contributed by atoms with Crippen LogP contribution in [0.3, 0.4) is 0 Å². The van der Waals surface area contributed by atoms with Crippen LogP contribution >= 0.6 is 39.1 Å². The second-order valence-corrected chi connectivity index (χ2v) is 6.49. The third kappa shape index (κ3) is 3.00. The van der Waals surface area contributed by atoms with Gasteiger partial charge in [-0.05, 0) is 33.6 Å². The number of rotatable bonds is 3. The van der Waals surface area contributed by atoms with Gasteiger partial charge in [-0.2, -0.15) is 4.52 Å². The molecule has 0 saturated carbocycles. The second-order valence-electron chi connectivity index (χ2n) is 4.83. The van der Waals surface area contributed by atoms with Gasteiger partial charge in [-0.3, -0.25) is 14.7 Å². The lowest BCUT2D eigenvalue weighted by Gasteiger charge is -2.07. The molecule has 10 heteroatoms. The predicted octanol–water partition coefficient (Wildman–Crippen LogP) is 2.73. The van der Waals surface area contributed by atoms with E-state index in [0.717, 1.165) is 4.52 Å². The van der Waals surface area contributed by atoms with E-state index in [2.05, 4.69) is 31.3 Å². The van der Waals surface area contributed by atoms with Crippen LogP contribution in [0.4, 0.5) is 0 Å². The Morgan fingerprint density at radius 2 is 2.12 bits per heavy atom. The number of fused-ring (bicyclic) bond motifs is 1. The predicted molar refractivity (Wildman–Crippen MR) is 92.8 cm³/mol. The zero-order valence-corrected chi connectivity index (χ0v) is 14.9. The Morgan fingerprint density at radius 1 is 1.38 bits per heavy atom. The molecule has 1 aromatic carbocycles. The van der Waals surface area contributed by atoms with Gasteiger partial charge in [0.15, 0.2) is 11.3 Å². The molecule has 0 bridgehead atoms. The fourth-order valence-electron chi connectivity index (χ4n) is 2.05. The number of benzene rings is 1. The summed E-state index contributed by atoms with van der Waals surface area (Å²) in [6.45, 7) is 0.129. The van der Waals surface area contributed by atoms with Gasteiger partial charge in [0.05, 0.1) is 14.5 Å². The summed E-state index contributed by atoms with van der Waals surface area (Å²) in [6.07, 6.45) is 1.47. The number of nitrogens with zero attached hydrogens (tertiary/aromatic N) is 2. The van der Waals surface area contributed by atoms with Gasteiger partial charge in [0.25, 0.3) is 5.91 Å². The van der Waals surface area contributed by atoms with Gasteiger partial charge in [0.1, 0.15) is 0 Å². The number of aromatic amines is 1. The molecule has 3 rings (SSSR count). The molecule has 3 aromatic rings. The SMILES string of the molecule is O=C(NCc1ccc(Cl)c(Cl)c1)c1nc2c(Br)c[nH]n2c(=O)c1O. The number of nitrogens with one attached hydrogen (secondary N) is 2. The fourth-order valence-corrected chi connectivity index (χ4v) is 2.74. The highest BCUT2D eigenvalue weighted by Gasteiger charge is 2.20. The van der Waals surface area contributed by atoms with Crippen LogP contribution in [0, 0.1) is 0 Å². The van der Waals surface area contributed by atoms with Crippen molar-refractivity contribution in [3.05, 3.63) is 60.5 Å². The van der Waals surface area contributed by atoms with Crippen LogP contribution in [0.25, 0.3) is 5.65 Å². The third-order valence-electron chi connectivity index (χ3n) is 3.25. The highest BCUT2D eigenvalue weighted by atomic mass is 79.9. The van der Waals surface area contributed by atoms with Crippen molar-refractivity contribution in [2.45, 2.75) is 6.54 Å². The van der Waals surface area contributed by atoms with E-state index >= 15 is 0 Å². The van der Waals surface area contributed by atoms with Crippen molar-refractivity contribution in [2.24, 2.45) is 0 Å². The van der Waals surface area contributed by atoms with Gasteiger partial charge >= 0.3 is 5.56 Å². The minimum atomic E-state index is -0.773. The summed E-state index contributed by atoms with van der Waals surface area (Å²) >= 11 is 14.9. The Bertz CT molecular complexity index is 1020. The second kappa shape index (κ2) is 6.46. The van der Waals surface area contributed by atoms with Crippen molar-refractivity contribution in [3.8, 4) is 5.75 Å². The van der Waals surface area contributed by atoms with Crippen molar-refractivity contribution in [1.82, 2.24) is 19.9 Å². The third-order valence-corrected chi connectivity index (χ3v) is 4.57. The van der Waals surface area contributed by atoms with E-state index < -0.39 is 17.2 Å². The van der Waals surface area contributed by atoms with Crippen LogP contribution in [0.5, 0.6) is 5.75 Å². The van der Waals surface area contributed by atoms with Gasteiger partial charge in [-0.15, -0.1) is 0 Å². The van der Waals surface area contributed by atoms with Gasteiger partial charge < -0.3 is 10.4 Å². The monoisotopic (exact) mass is 430 g/mol. The Labute approximate surface area is 153 Å². The summed E-state index contributed by atoms with van der Waals surface area (Å²) in [4.78, 5) is 28.3. The van der Waals surface area contributed by atoms with E-state index in [1.165, 1.54) is 6.20 Å². The first-order chi connectivity index (χ1) is 11.4. The summed E-state index contributed by atoms with van der Waals surface area (Å²) in [5.74, 6) is -1.43. The number of H-pyrrole nitrogens is 1. The van der Waals surface area contributed by atoms with Gasteiger partial charge in [0, 0.05) is 12.7 Å². The molecule has 0 radical (unpaired) electrons. The number of hydrogen-bond donors (Lipinski definition) is 3. The van der Waals surface area contributed by atoms with E-state index in [-0.39, 0.29) is 17.9 Å². The van der Waals surface area contributed by atoms with Crippen molar-refractivity contribution in [1.29, 1.82) is 0 Å². The minimum absolute atomic E-state index is 0.129. The van der Waals surface area contributed by atoms with E-state index in [9.17, 15) is 14.7 Å². The molecular formula is C14H9BrCl2N4O3. The van der Waals surface area contributed by atoms with Crippen LogP contribution < -0.4 is 10.9 Å². The summed E-state index contributed by atoms with van der Waals surface area (Å²) in [6, 6.07) is 4.91.